The van der Waals surface area contributed by atoms with Crippen LogP contribution in [0.4, 0.5) is 0 Å². The summed E-state index contributed by atoms with van der Waals surface area (Å²) in [5, 5.41) is 0.452. The van der Waals surface area contributed by atoms with Gasteiger partial charge in [0.25, 0.3) is 0 Å². The molecule has 0 saturated heterocycles. The predicted molar refractivity (Wildman–Crippen MR) is 65.3 cm³/mol. The van der Waals surface area contributed by atoms with Crippen LogP contribution in [0.5, 0.6) is 5.75 Å². The van der Waals surface area contributed by atoms with Crippen molar-refractivity contribution < 1.29 is 9.53 Å². The summed E-state index contributed by atoms with van der Waals surface area (Å²) in [5.41, 5.74) is 0.565. The Morgan fingerprint density at radius 3 is 2.64 bits per heavy atom. The topological polar surface area (TPSA) is 26.3 Å². The number of ketones is 1. The highest BCUT2D eigenvalue weighted by molar-refractivity contribution is 14.1. The number of hydrogen-bond donors (Lipinski definition) is 0. The summed E-state index contributed by atoms with van der Waals surface area (Å²) in [7, 11) is 0. The fraction of sp³-hybridized carbons (Fsp3) is 0.300. The van der Waals surface area contributed by atoms with Crippen molar-refractivity contribution >= 4 is 40.0 Å². The van der Waals surface area contributed by atoms with Crippen LogP contribution in [0.2, 0.25) is 5.02 Å². The molecule has 1 rings (SSSR count). The molecule has 0 aliphatic heterocycles. The maximum atomic E-state index is 11.2. The third kappa shape index (κ3) is 2.60. The summed E-state index contributed by atoms with van der Waals surface area (Å²) < 4.78 is 6.13. The lowest BCUT2D eigenvalue weighted by molar-refractivity contribution is 0.101. The van der Waals surface area contributed by atoms with Gasteiger partial charge in [0.05, 0.1) is 11.6 Å². The second kappa shape index (κ2) is 4.98. The van der Waals surface area contributed by atoms with Gasteiger partial charge >= 0.3 is 0 Å². The van der Waals surface area contributed by atoms with E-state index in [0.29, 0.717) is 22.9 Å². The number of Topliss-reactive ketones (excluding diaryl/α,β-unsaturated/α-hetero) is 1. The number of carbonyl (C=O) groups excluding carboxylic acids is 1. The Morgan fingerprint density at radius 1 is 1.57 bits per heavy atom. The number of carbonyl (C=O) groups is 1. The Bertz CT molecular complexity index is 340. The molecule has 0 aromatic heterocycles. The van der Waals surface area contributed by atoms with E-state index >= 15 is 0 Å². The van der Waals surface area contributed by atoms with Crippen molar-refractivity contribution in [2.24, 2.45) is 0 Å². The van der Waals surface area contributed by atoms with Gasteiger partial charge in [-0.05, 0) is 48.6 Å². The molecule has 14 heavy (non-hydrogen) atoms. The third-order valence-electron chi connectivity index (χ3n) is 1.68. The Hall–Kier alpha value is -0.290. The van der Waals surface area contributed by atoms with Crippen molar-refractivity contribution in [2.45, 2.75) is 13.8 Å². The van der Waals surface area contributed by atoms with Crippen molar-refractivity contribution in [2.75, 3.05) is 6.61 Å². The highest BCUT2D eigenvalue weighted by Gasteiger charge is 2.12. The summed E-state index contributed by atoms with van der Waals surface area (Å²) in [5.74, 6) is 0.675. The molecule has 0 aliphatic rings. The number of halogens is 2. The van der Waals surface area contributed by atoms with Gasteiger partial charge < -0.3 is 4.74 Å². The molecule has 0 aliphatic carbocycles. The van der Waals surface area contributed by atoms with Gasteiger partial charge in [-0.3, -0.25) is 4.79 Å². The van der Waals surface area contributed by atoms with Crippen LogP contribution in [0.3, 0.4) is 0 Å². The van der Waals surface area contributed by atoms with Gasteiger partial charge in [0, 0.05) is 9.13 Å². The molecule has 4 heteroatoms. The van der Waals surface area contributed by atoms with Crippen molar-refractivity contribution in [1.82, 2.24) is 0 Å². The molecular weight excluding hydrogens is 314 g/mol. The number of ether oxygens (including phenoxy) is 1. The van der Waals surface area contributed by atoms with E-state index in [1.165, 1.54) is 6.92 Å². The first kappa shape index (κ1) is 11.8. The first-order valence-corrected chi connectivity index (χ1v) is 5.64. The van der Waals surface area contributed by atoms with E-state index in [-0.39, 0.29) is 5.78 Å². The molecule has 1 aromatic carbocycles. The maximum absolute atomic E-state index is 11.2. The van der Waals surface area contributed by atoms with Crippen LogP contribution in [0, 0.1) is 3.57 Å². The van der Waals surface area contributed by atoms with Crippen molar-refractivity contribution in [3.05, 3.63) is 26.3 Å². The first-order chi connectivity index (χ1) is 6.56. The molecular formula is C10H10ClIO2. The van der Waals surface area contributed by atoms with E-state index in [4.69, 9.17) is 16.3 Å². The second-order valence-corrected chi connectivity index (χ2v) is 4.32. The van der Waals surface area contributed by atoms with Crippen LogP contribution in [-0.4, -0.2) is 12.4 Å². The van der Waals surface area contributed by atoms with Gasteiger partial charge in [0.15, 0.2) is 5.78 Å². The Balaban J connectivity index is 3.18. The molecule has 0 amide bonds. The zero-order valence-electron chi connectivity index (χ0n) is 7.93. The molecule has 0 saturated carbocycles. The van der Waals surface area contributed by atoms with Crippen LogP contribution >= 0.6 is 34.2 Å². The monoisotopic (exact) mass is 324 g/mol. The molecule has 0 spiro atoms. The lowest BCUT2D eigenvalue weighted by Gasteiger charge is -2.08. The van der Waals surface area contributed by atoms with E-state index in [2.05, 4.69) is 22.6 Å². The molecule has 0 atom stereocenters. The molecule has 0 N–H and O–H groups in total. The second-order valence-electron chi connectivity index (χ2n) is 2.75. The van der Waals surface area contributed by atoms with E-state index in [1.54, 1.807) is 6.07 Å². The third-order valence-corrected chi connectivity index (χ3v) is 2.83. The fourth-order valence-electron chi connectivity index (χ4n) is 1.14. The molecule has 0 radical (unpaired) electrons. The average molecular weight is 325 g/mol. The molecule has 1 aromatic rings. The molecule has 2 nitrogen and oxygen atoms in total. The van der Waals surface area contributed by atoms with E-state index in [9.17, 15) is 4.79 Å². The zero-order chi connectivity index (χ0) is 10.7. The molecule has 0 bridgehead atoms. The van der Waals surface area contributed by atoms with Gasteiger partial charge in [-0.2, -0.15) is 0 Å². The van der Waals surface area contributed by atoms with Crippen LogP contribution < -0.4 is 4.74 Å². The van der Waals surface area contributed by atoms with Gasteiger partial charge in [0.2, 0.25) is 0 Å². The molecule has 0 fully saturated rings. The Kier molecular flexibility index (Phi) is 4.19. The minimum Gasteiger partial charge on any atom is -0.494 e. The molecule has 0 heterocycles. The summed E-state index contributed by atoms with van der Waals surface area (Å²) in [6, 6.07) is 3.48. The van der Waals surface area contributed by atoms with Crippen LogP contribution in [-0.2, 0) is 0 Å². The van der Waals surface area contributed by atoms with Crippen molar-refractivity contribution in [3.63, 3.8) is 0 Å². The highest BCUT2D eigenvalue weighted by atomic mass is 127. The maximum Gasteiger partial charge on any atom is 0.162 e. The molecule has 0 unspecified atom stereocenters. The summed E-state index contributed by atoms with van der Waals surface area (Å²) >= 11 is 8.04. The standard InChI is InChI=1S/C10H10ClIO2/c1-3-14-7-4-8(11)10(6(2)13)9(12)5-7/h4-5H,3H2,1-2H3. The normalized spacial score (nSPS) is 10.0. The largest absolute Gasteiger partial charge is 0.494 e. The minimum absolute atomic E-state index is 0.0255. The quantitative estimate of drug-likeness (QED) is 0.628. The van der Waals surface area contributed by atoms with Crippen LogP contribution in [0.1, 0.15) is 24.2 Å². The van der Waals surface area contributed by atoms with Gasteiger partial charge in [-0.15, -0.1) is 0 Å². The van der Waals surface area contributed by atoms with E-state index < -0.39 is 0 Å². The van der Waals surface area contributed by atoms with Crippen molar-refractivity contribution in [3.8, 4) is 5.75 Å². The first-order valence-electron chi connectivity index (χ1n) is 4.19. The smallest absolute Gasteiger partial charge is 0.162 e. The zero-order valence-corrected chi connectivity index (χ0v) is 10.8. The average Bonchev–Trinajstić information content (AvgIpc) is 2.01. The number of hydrogen-bond acceptors (Lipinski definition) is 2. The summed E-state index contributed by atoms with van der Waals surface area (Å²) in [6.45, 7) is 4.00. The summed E-state index contributed by atoms with van der Waals surface area (Å²) in [4.78, 5) is 11.2. The van der Waals surface area contributed by atoms with E-state index in [0.717, 1.165) is 3.57 Å². The highest BCUT2D eigenvalue weighted by Crippen LogP contribution is 2.28. The number of benzene rings is 1. The lowest BCUT2D eigenvalue weighted by Crippen LogP contribution is -1.99. The Morgan fingerprint density at radius 2 is 2.21 bits per heavy atom. The fourth-order valence-corrected chi connectivity index (χ4v) is 2.62. The lowest BCUT2D eigenvalue weighted by atomic mass is 10.1. The van der Waals surface area contributed by atoms with Crippen molar-refractivity contribution in [1.29, 1.82) is 0 Å². The number of rotatable bonds is 3. The van der Waals surface area contributed by atoms with Crippen LogP contribution in [0.25, 0.3) is 0 Å². The van der Waals surface area contributed by atoms with Gasteiger partial charge in [-0.25, -0.2) is 0 Å². The van der Waals surface area contributed by atoms with Crippen LogP contribution in [0.15, 0.2) is 12.1 Å². The molecule has 76 valence electrons. The van der Waals surface area contributed by atoms with Gasteiger partial charge in [-0.1, -0.05) is 11.6 Å². The summed E-state index contributed by atoms with van der Waals surface area (Å²) in [6.07, 6.45) is 0. The van der Waals surface area contributed by atoms with E-state index in [1.807, 2.05) is 13.0 Å². The SMILES string of the molecule is CCOc1cc(Cl)c(C(C)=O)c(I)c1. The Labute approximate surface area is 102 Å². The predicted octanol–water partition coefficient (Wildman–Crippen LogP) is 3.55. The minimum atomic E-state index is -0.0255. The van der Waals surface area contributed by atoms with Gasteiger partial charge in [0.1, 0.15) is 5.75 Å².